The molecule has 2 amide bonds. The Morgan fingerprint density at radius 2 is 1.85 bits per heavy atom. The predicted octanol–water partition coefficient (Wildman–Crippen LogP) is 4.03. The minimum absolute atomic E-state index is 0.108. The largest absolute Gasteiger partial charge is 0.352 e. The van der Waals surface area contributed by atoms with Crippen LogP contribution in [0.5, 0.6) is 0 Å². The van der Waals surface area contributed by atoms with Gasteiger partial charge in [0.25, 0.3) is 0 Å². The average Bonchev–Trinajstić information content (AvgIpc) is 3.16. The molecule has 0 fully saturated rings. The fourth-order valence-corrected chi connectivity index (χ4v) is 3.24. The van der Waals surface area contributed by atoms with Crippen molar-refractivity contribution in [3.63, 3.8) is 0 Å². The minimum Gasteiger partial charge on any atom is -0.352 e. The Morgan fingerprint density at radius 3 is 2.59 bits per heavy atom. The zero-order valence-electron chi connectivity index (χ0n) is 14.6. The number of rotatable bonds is 6. The molecule has 3 rings (SSSR count). The number of hydrogen-bond donors (Lipinski definition) is 1. The summed E-state index contributed by atoms with van der Waals surface area (Å²) in [6.07, 6.45) is 0.944. The maximum atomic E-state index is 12.3. The van der Waals surface area contributed by atoms with E-state index in [1.165, 1.54) is 5.01 Å². The van der Waals surface area contributed by atoms with Crippen molar-refractivity contribution >= 4 is 40.7 Å². The predicted molar refractivity (Wildman–Crippen MR) is 107 cm³/mol. The third kappa shape index (κ3) is 5.31. The zero-order valence-corrected chi connectivity index (χ0v) is 16.1. The molecule has 2 aromatic rings. The van der Waals surface area contributed by atoms with E-state index in [2.05, 4.69) is 10.4 Å². The van der Waals surface area contributed by atoms with Crippen molar-refractivity contribution in [1.29, 1.82) is 0 Å². The molecular formula is C20H19Cl2N3O2. The summed E-state index contributed by atoms with van der Waals surface area (Å²) in [7, 11) is 0. The van der Waals surface area contributed by atoms with Crippen LogP contribution in [0.3, 0.4) is 0 Å². The van der Waals surface area contributed by atoms with Crippen molar-refractivity contribution in [1.82, 2.24) is 10.3 Å². The Balaban J connectivity index is 1.46. The molecule has 0 saturated heterocycles. The second-order valence-electron chi connectivity index (χ2n) is 6.19. The zero-order chi connectivity index (χ0) is 19.2. The second-order valence-corrected chi connectivity index (χ2v) is 7.04. The standard InChI is InChI=1S/C20H19Cl2N3O2/c21-16-7-6-15(17(22)12-16)13-23-19(26)8-9-20(27)25-11-10-18(24-25)14-4-2-1-3-5-14/h1-7,12H,8-11,13H2,(H,23,26). The highest BCUT2D eigenvalue weighted by molar-refractivity contribution is 6.35. The van der Waals surface area contributed by atoms with Gasteiger partial charge in [-0.15, -0.1) is 0 Å². The highest BCUT2D eigenvalue weighted by atomic mass is 35.5. The van der Waals surface area contributed by atoms with Crippen molar-refractivity contribution in [2.75, 3.05) is 6.54 Å². The first-order valence-electron chi connectivity index (χ1n) is 8.67. The van der Waals surface area contributed by atoms with E-state index in [0.29, 0.717) is 23.1 Å². The number of carbonyl (C=O) groups is 2. The summed E-state index contributed by atoms with van der Waals surface area (Å²) in [6.45, 7) is 0.841. The van der Waals surface area contributed by atoms with Crippen molar-refractivity contribution in [3.8, 4) is 0 Å². The highest BCUT2D eigenvalue weighted by Gasteiger charge is 2.21. The minimum atomic E-state index is -0.208. The van der Waals surface area contributed by atoms with Crippen LogP contribution in [-0.2, 0) is 16.1 Å². The van der Waals surface area contributed by atoms with E-state index in [1.54, 1.807) is 18.2 Å². The number of hydrogen-bond acceptors (Lipinski definition) is 3. The lowest BCUT2D eigenvalue weighted by molar-refractivity contribution is -0.133. The molecule has 140 valence electrons. The Morgan fingerprint density at radius 1 is 1.07 bits per heavy atom. The Bertz CT molecular complexity index is 869. The lowest BCUT2D eigenvalue weighted by atomic mass is 10.1. The molecule has 0 atom stereocenters. The van der Waals surface area contributed by atoms with Gasteiger partial charge in [-0.25, -0.2) is 5.01 Å². The third-order valence-corrected chi connectivity index (χ3v) is 4.84. The molecule has 0 aliphatic carbocycles. The quantitative estimate of drug-likeness (QED) is 0.791. The topological polar surface area (TPSA) is 61.8 Å². The second kappa shape index (κ2) is 9.02. The van der Waals surface area contributed by atoms with Crippen LogP contribution < -0.4 is 5.32 Å². The molecule has 0 saturated carbocycles. The molecule has 1 aliphatic rings. The lowest BCUT2D eigenvalue weighted by Crippen LogP contribution is -2.27. The van der Waals surface area contributed by atoms with E-state index in [9.17, 15) is 9.59 Å². The number of nitrogens with zero attached hydrogens (tertiary/aromatic N) is 2. The number of halogens is 2. The van der Waals surface area contributed by atoms with Crippen LogP contribution >= 0.6 is 23.2 Å². The van der Waals surface area contributed by atoms with Gasteiger partial charge >= 0.3 is 0 Å². The summed E-state index contributed by atoms with van der Waals surface area (Å²) in [4.78, 5) is 24.3. The summed E-state index contributed by atoms with van der Waals surface area (Å²) in [5.74, 6) is -0.360. The molecule has 27 heavy (non-hydrogen) atoms. The monoisotopic (exact) mass is 403 g/mol. The van der Waals surface area contributed by atoms with Gasteiger partial charge in [0.2, 0.25) is 11.8 Å². The van der Waals surface area contributed by atoms with Crippen LogP contribution in [0, 0.1) is 0 Å². The molecule has 0 bridgehead atoms. The van der Waals surface area contributed by atoms with Gasteiger partial charge in [-0.05, 0) is 23.3 Å². The average molecular weight is 404 g/mol. The fourth-order valence-electron chi connectivity index (χ4n) is 2.77. The maximum absolute atomic E-state index is 12.3. The van der Waals surface area contributed by atoms with Crippen LogP contribution in [0.25, 0.3) is 0 Å². The molecule has 5 nitrogen and oxygen atoms in total. The van der Waals surface area contributed by atoms with Gasteiger partial charge in [-0.1, -0.05) is 59.6 Å². The fraction of sp³-hybridized carbons (Fsp3) is 0.250. The molecule has 1 heterocycles. The van der Waals surface area contributed by atoms with Gasteiger partial charge in [0, 0.05) is 35.9 Å². The van der Waals surface area contributed by atoms with Crippen molar-refractivity contribution < 1.29 is 9.59 Å². The maximum Gasteiger partial charge on any atom is 0.243 e. The van der Waals surface area contributed by atoms with Crippen LogP contribution in [0.2, 0.25) is 10.0 Å². The molecular weight excluding hydrogens is 385 g/mol. The van der Waals surface area contributed by atoms with Crippen LogP contribution in [0.4, 0.5) is 0 Å². The summed E-state index contributed by atoms with van der Waals surface area (Å²) in [5.41, 5.74) is 2.69. The van der Waals surface area contributed by atoms with Gasteiger partial charge in [0.15, 0.2) is 0 Å². The van der Waals surface area contributed by atoms with E-state index >= 15 is 0 Å². The summed E-state index contributed by atoms with van der Waals surface area (Å²) in [5, 5.41) is 9.65. The van der Waals surface area contributed by atoms with Crippen LogP contribution in [0.15, 0.2) is 53.6 Å². The highest BCUT2D eigenvalue weighted by Crippen LogP contribution is 2.21. The van der Waals surface area contributed by atoms with Gasteiger partial charge < -0.3 is 5.32 Å². The molecule has 2 aromatic carbocycles. The molecule has 0 unspecified atom stereocenters. The normalized spacial score (nSPS) is 13.4. The van der Waals surface area contributed by atoms with Gasteiger partial charge in [0.1, 0.15) is 0 Å². The first-order chi connectivity index (χ1) is 13.0. The van der Waals surface area contributed by atoms with E-state index in [-0.39, 0.29) is 24.7 Å². The first-order valence-corrected chi connectivity index (χ1v) is 9.42. The van der Waals surface area contributed by atoms with Crippen LogP contribution in [0.1, 0.15) is 30.4 Å². The third-order valence-electron chi connectivity index (χ3n) is 4.25. The van der Waals surface area contributed by atoms with Gasteiger partial charge in [-0.3, -0.25) is 9.59 Å². The smallest absolute Gasteiger partial charge is 0.243 e. The molecule has 1 aliphatic heterocycles. The number of benzene rings is 2. The first kappa shape index (κ1) is 19.4. The summed E-state index contributed by atoms with van der Waals surface area (Å²) < 4.78 is 0. The lowest BCUT2D eigenvalue weighted by Gasteiger charge is -2.11. The molecule has 7 heteroatoms. The van der Waals surface area contributed by atoms with Crippen LogP contribution in [-0.4, -0.2) is 29.1 Å². The van der Waals surface area contributed by atoms with E-state index in [1.807, 2.05) is 30.3 Å². The molecule has 0 spiro atoms. The number of amides is 2. The summed E-state index contributed by atoms with van der Waals surface area (Å²) in [6, 6.07) is 14.9. The SMILES string of the molecule is O=C(CCC(=O)N1CCC(c2ccccc2)=N1)NCc1ccc(Cl)cc1Cl. The van der Waals surface area contributed by atoms with Crippen molar-refractivity contribution in [3.05, 3.63) is 69.7 Å². The molecule has 0 aromatic heterocycles. The Hall–Kier alpha value is -2.37. The number of carbonyl (C=O) groups excluding carboxylic acids is 2. The van der Waals surface area contributed by atoms with Crippen molar-refractivity contribution in [2.24, 2.45) is 5.10 Å². The summed E-state index contributed by atoms with van der Waals surface area (Å²) >= 11 is 11.9. The Kier molecular flexibility index (Phi) is 6.48. The van der Waals surface area contributed by atoms with Gasteiger partial charge in [0.05, 0.1) is 12.3 Å². The van der Waals surface area contributed by atoms with E-state index in [4.69, 9.17) is 23.2 Å². The molecule has 0 radical (unpaired) electrons. The van der Waals surface area contributed by atoms with E-state index in [0.717, 1.165) is 23.3 Å². The number of hydrazone groups is 1. The van der Waals surface area contributed by atoms with Crippen molar-refractivity contribution in [2.45, 2.75) is 25.8 Å². The Labute approximate surface area is 168 Å². The molecule has 1 N–H and O–H groups in total. The van der Waals surface area contributed by atoms with E-state index < -0.39 is 0 Å². The number of nitrogens with one attached hydrogen (secondary N) is 1. The van der Waals surface area contributed by atoms with Gasteiger partial charge in [-0.2, -0.15) is 5.10 Å².